The average molecular weight is 272 g/mol. The molecule has 102 valence electrons. The summed E-state index contributed by atoms with van der Waals surface area (Å²) in [6.07, 6.45) is 3.22. The standard InChI is InChI=1S/C12H12N6O2/c1-7-8(6-14-15-7)5-13-11(19)9-3-2-4-18-10(9)16-17-12(18)20/h2-4,6H,5H2,1H3,(H,13,19)(H,14,15)(H,17,20). The topological polar surface area (TPSA) is 108 Å². The molecule has 0 aliphatic carbocycles. The molecule has 3 aromatic heterocycles. The molecule has 0 bridgehead atoms. The van der Waals surface area contributed by atoms with E-state index in [1.807, 2.05) is 6.92 Å². The van der Waals surface area contributed by atoms with Gasteiger partial charge < -0.3 is 5.32 Å². The third-order valence-electron chi connectivity index (χ3n) is 3.06. The second-order valence-corrected chi connectivity index (χ2v) is 4.35. The molecule has 0 aliphatic heterocycles. The quantitative estimate of drug-likeness (QED) is 0.622. The summed E-state index contributed by atoms with van der Waals surface area (Å²) in [5.41, 5.74) is 2.08. The van der Waals surface area contributed by atoms with Gasteiger partial charge >= 0.3 is 5.69 Å². The smallest absolute Gasteiger partial charge is 0.347 e. The zero-order valence-electron chi connectivity index (χ0n) is 10.7. The molecule has 0 aromatic carbocycles. The molecule has 0 unspecified atom stereocenters. The van der Waals surface area contributed by atoms with Crippen LogP contribution in [0.1, 0.15) is 21.6 Å². The van der Waals surface area contributed by atoms with Crippen molar-refractivity contribution in [3.63, 3.8) is 0 Å². The molecule has 0 saturated carbocycles. The lowest BCUT2D eigenvalue weighted by molar-refractivity contribution is 0.0952. The SMILES string of the molecule is Cc1[nH]ncc1CNC(=O)c1cccn2c(=O)[nH]nc12. The molecule has 3 N–H and O–H groups in total. The van der Waals surface area contributed by atoms with Crippen LogP contribution in [-0.4, -0.2) is 30.7 Å². The average Bonchev–Trinajstić information content (AvgIpc) is 3.03. The maximum Gasteiger partial charge on any atom is 0.347 e. The van der Waals surface area contributed by atoms with Gasteiger partial charge in [-0.1, -0.05) is 0 Å². The normalized spacial score (nSPS) is 10.8. The monoisotopic (exact) mass is 272 g/mol. The first-order valence-electron chi connectivity index (χ1n) is 5.99. The number of amides is 1. The van der Waals surface area contributed by atoms with Crippen LogP contribution < -0.4 is 11.0 Å². The third-order valence-corrected chi connectivity index (χ3v) is 3.06. The summed E-state index contributed by atoms with van der Waals surface area (Å²) in [5.74, 6) is -0.296. The van der Waals surface area contributed by atoms with Gasteiger partial charge in [-0.3, -0.25) is 9.89 Å². The number of fused-ring (bicyclic) bond motifs is 1. The zero-order chi connectivity index (χ0) is 14.1. The molecule has 0 radical (unpaired) electrons. The van der Waals surface area contributed by atoms with E-state index >= 15 is 0 Å². The molecule has 0 saturated heterocycles. The summed E-state index contributed by atoms with van der Waals surface area (Å²) in [6, 6.07) is 3.25. The minimum Gasteiger partial charge on any atom is -0.348 e. The Balaban J connectivity index is 1.86. The lowest BCUT2D eigenvalue weighted by atomic mass is 10.2. The number of aromatic nitrogens is 5. The van der Waals surface area contributed by atoms with Gasteiger partial charge in [0.15, 0.2) is 5.65 Å². The number of aromatic amines is 2. The van der Waals surface area contributed by atoms with Gasteiger partial charge in [0.25, 0.3) is 5.91 Å². The highest BCUT2D eigenvalue weighted by atomic mass is 16.2. The second-order valence-electron chi connectivity index (χ2n) is 4.35. The van der Waals surface area contributed by atoms with E-state index in [1.54, 1.807) is 24.5 Å². The number of carbonyl (C=O) groups excluding carboxylic acids is 1. The van der Waals surface area contributed by atoms with E-state index in [1.165, 1.54) is 4.40 Å². The lowest BCUT2D eigenvalue weighted by Crippen LogP contribution is -2.24. The Kier molecular flexibility index (Phi) is 2.82. The fourth-order valence-electron chi connectivity index (χ4n) is 1.93. The first-order valence-corrected chi connectivity index (χ1v) is 5.99. The maximum atomic E-state index is 12.2. The molecule has 8 nitrogen and oxygen atoms in total. The largest absolute Gasteiger partial charge is 0.348 e. The van der Waals surface area contributed by atoms with E-state index in [0.717, 1.165) is 11.3 Å². The van der Waals surface area contributed by atoms with Crippen molar-refractivity contribution < 1.29 is 4.79 Å². The Morgan fingerprint density at radius 1 is 1.45 bits per heavy atom. The molecular weight excluding hydrogens is 260 g/mol. The van der Waals surface area contributed by atoms with Gasteiger partial charge in [-0.15, -0.1) is 0 Å². The van der Waals surface area contributed by atoms with Crippen molar-refractivity contribution >= 4 is 11.6 Å². The van der Waals surface area contributed by atoms with E-state index in [-0.39, 0.29) is 11.6 Å². The van der Waals surface area contributed by atoms with Crippen molar-refractivity contribution in [1.82, 2.24) is 30.1 Å². The number of aryl methyl sites for hydroxylation is 1. The van der Waals surface area contributed by atoms with Gasteiger partial charge in [-0.25, -0.2) is 14.3 Å². The minimum absolute atomic E-state index is 0.296. The van der Waals surface area contributed by atoms with E-state index in [9.17, 15) is 9.59 Å². The summed E-state index contributed by atoms with van der Waals surface area (Å²) in [6.45, 7) is 2.24. The van der Waals surface area contributed by atoms with Crippen molar-refractivity contribution in [3.8, 4) is 0 Å². The number of hydrogen-bond donors (Lipinski definition) is 3. The van der Waals surface area contributed by atoms with Gasteiger partial charge in [-0.2, -0.15) is 10.2 Å². The zero-order valence-corrected chi connectivity index (χ0v) is 10.7. The Morgan fingerprint density at radius 2 is 2.30 bits per heavy atom. The van der Waals surface area contributed by atoms with Gasteiger partial charge in [-0.05, 0) is 19.1 Å². The summed E-state index contributed by atoms with van der Waals surface area (Å²) >= 11 is 0. The molecule has 1 amide bonds. The highest BCUT2D eigenvalue weighted by Gasteiger charge is 2.13. The lowest BCUT2D eigenvalue weighted by Gasteiger charge is -2.05. The Bertz CT molecular complexity index is 828. The summed E-state index contributed by atoms with van der Waals surface area (Å²) in [5, 5.41) is 15.6. The van der Waals surface area contributed by atoms with Crippen molar-refractivity contribution in [1.29, 1.82) is 0 Å². The first-order chi connectivity index (χ1) is 9.66. The van der Waals surface area contributed by atoms with E-state index < -0.39 is 0 Å². The highest BCUT2D eigenvalue weighted by molar-refractivity contribution is 5.99. The number of H-pyrrole nitrogens is 2. The van der Waals surface area contributed by atoms with E-state index in [4.69, 9.17) is 0 Å². The number of rotatable bonds is 3. The summed E-state index contributed by atoms with van der Waals surface area (Å²) < 4.78 is 1.29. The predicted molar refractivity (Wildman–Crippen MR) is 70.3 cm³/mol. The Hall–Kier alpha value is -2.90. The van der Waals surface area contributed by atoms with Crippen molar-refractivity contribution in [2.45, 2.75) is 13.5 Å². The molecular formula is C12H12N6O2. The molecule has 3 rings (SSSR count). The van der Waals surface area contributed by atoms with Gasteiger partial charge in [0, 0.05) is 24.0 Å². The number of nitrogens with zero attached hydrogens (tertiary/aromatic N) is 3. The molecule has 0 aliphatic rings. The molecule has 3 heterocycles. The predicted octanol–water partition coefficient (Wildman–Crippen LogP) is -0.0159. The Morgan fingerprint density at radius 3 is 3.05 bits per heavy atom. The highest BCUT2D eigenvalue weighted by Crippen LogP contribution is 2.07. The maximum absolute atomic E-state index is 12.2. The van der Waals surface area contributed by atoms with Crippen LogP contribution in [-0.2, 0) is 6.54 Å². The number of carbonyl (C=O) groups is 1. The molecule has 20 heavy (non-hydrogen) atoms. The third kappa shape index (κ3) is 1.96. The van der Waals surface area contributed by atoms with Crippen LogP contribution in [0.4, 0.5) is 0 Å². The van der Waals surface area contributed by atoms with Crippen LogP contribution in [0.2, 0.25) is 0 Å². The number of pyridine rings is 1. The molecule has 0 spiro atoms. The van der Waals surface area contributed by atoms with Crippen LogP contribution in [0.3, 0.4) is 0 Å². The fourth-order valence-corrected chi connectivity index (χ4v) is 1.93. The van der Waals surface area contributed by atoms with Gasteiger partial charge in [0.2, 0.25) is 0 Å². The molecule has 3 aromatic rings. The van der Waals surface area contributed by atoms with Crippen LogP contribution in [0.25, 0.3) is 5.65 Å². The molecule has 0 fully saturated rings. The van der Waals surface area contributed by atoms with Crippen molar-refractivity contribution in [3.05, 3.63) is 51.8 Å². The Labute approximate surface area is 112 Å². The van der Waals surface area contributed by atoms with Crippen molar-refractivity contribution in [2.24, 2.45) is 0 Å². The van der Waals surface area contributed by atoms with Gasteiger partial charge in [0.1, 0.15) is 0 Å². The van der Waals surface area contributed by atoms with Crippen LogP contribution in [0.5, 0.6) is 0 Å². The second kappa shape index (κ2) is 4.65. The van der Waals surface area contributed by atoms with Crippen LogP contribution in [0, 0.1) is 6.92 Å². The number of nitrogens with one attached hydrogen (secondary N) is 3. The van der Waals surface area contributed by atoms with Crippen LogP contribution in [0.15, 0.2) is 29.3 Å². The van der Waals surface area contributed by atoms with Crippen molar-refractivity contribution in [2.75, 3.05) is 0 Å². The fraction of sp³-hybridized carbons (Fsp3) is 0.167. The number of hydrogen-bond acceptors (Lipinski definition) is 4. The van der Waals surface area contributed by atoms with E-state index in [0.29, 0.717) is 17.8 Å². The first kappa shape index (κ1) is 12.2. The molecule has 0 atom stereocenters. The van der Waals surface area contributed by atoms with E-state index in [2.05, 4.69) is 25.7 Å². The summed E-state index contributed by atoms with van der Waals surface area (Å²) in [4.78, 5) is 23.6. The minimum atomic E-state index is -0.375. The van der Waals surface area contributed by atoms with Crippen LogP contribution >= 0.6 is 0 Å². The summed E-state index contributed by atoms with van der Waals surface area (Å²) in [7, 11) is 0. The van der Waals surface area contributed by atoms with Gasteiger partial charge in [0.05, 0.1) is 11.8 Å². The molecule has 8 heteroatoms.